The molecule has 1 unspecified atom stereocenters. The molecule has 0 aliphatic heterocycles. The average Bonchev–Trinajstić information content (AvgIpc) is 2.23. The van der Waals surface area contributed by atoms with Gasteiger partial charge in [0.1, 0.15) is 0 Å². The Bertz CT molecular complexity index is 352. The molecule has 0 spiro atoms. The van der Waals surface area contributed by atoms with Gasteiger partial charge in [-0.25, -0.2) is 0 Å². The summed E-state index contributed by atoms with van der Waals surface area (Å²) in [7, 11) is 2.78. The van der Waals surface area contributed by atoms with Crippen LogP contribution in [0.3, 0.4) is 0 Å². The zero-order valence-electron chi connectivity index (χ0n) is 10.4. The normalized spacial score (nSPS) is 17.6. The Morgan fingerprint density at radius 1 is 1.38 bits per heavy atom. The van der Waals surface area contributed by atoms with Crippen molar-refractivity contribution in [3.05, 3.63) is 9.28 Å². The number of hydrogen-bond acceptors (Lipinski definition) is 3. The lowest BCUT2D eigenvalue weighted by atomic mass is 9.87. The topological polar surface area (TPSA) is 20.3 Å². The third kappa shape index (κ3) is 2.30. The maximum absolute atomic E-state index is 11.3. The van der Waals surface area contributed by atoms with Crippen molar-refractivity contribution in [2.24, 2.45) is 0 Å². The molecule has 1 aliphatic rings. The molecule has 1 atom stereocenters. The van der Waals surface area contributed by atoms with Crippen molar-refractivity contribution in [3.8, 4) is 0 Å². The fourth-order valence-corrected chi connectivity index (χ4v) is 3.57. The molecule has 1 aliphatic carbocycles. The Balaban J connectivity index is 2.98. The molecule has 0 N–H and O–H groups in total. The van der Waals surface area contributed by atoms with Gasteiger partial charge in [0.15, 0.2) is 5.78 Å². The van der Waals surface area contributed by atoms with Gasteiger partial charge in [-0.3, -0.25) is 4.79 Å². The van der Waals surface area contributed by atoms with E-state index < -0.39 is 0 Å². The summed E-state index contributed by atoms with van der Waals surface area (Å²) >= 11 is 4.00. The molecule has 1 rings (SSSR count). The summed E-state index contributed by atoms with van der Waals surface area (Å²) in [5, 5.41) is 0. The van der Waals surface area contributed by atoms with Gasteiger partial charge in [0.2, 0.25) is 0 Å². The van der Waals surface area contributed by atoms with Gasteiger partial charge in [0.25, 0.3) is 0 Å². The number of allylic oxidation sites excluding steroid dienone is 2. The Hall–Kier alpha value is 0.720. The van der Waals surface area contributed by atoms with Gasteiger partial charge in [0.05, 0.1) is 15.5 Å². The summed E-state index contributed by atoms with van der Waals surface area (Å²) in [5.74, 6) is 0.265. The van der Waals surface area contributed by atoms with E-state index in [1.165, 1.54) is 0 Å². The Labute approximate surface area is 118 Å². The lowest BCUT2D eigenvalue weighted by Gasteiger charge is -2.50. The van der Waals surface area contributed by atoms with Crippen molar-refractivity contribution in [2.45, 2.75) is 44.4 Å². The van der Waals surface area contributed by atoms with E-state index in [1.54, 1.807) is 0 Å². The molecule has 0 aromatic carbocycles. The second kappa shape index (κ2) is 4.77. The van der Waals surface area contributed by atoms with Crippen LogP contribution in [-0.4, -0.2) is 27.0 Å². The van der Waals surface area contributed by atoms with Crippen molar-refractivity contribution >= 4 is 49.5 Å². The van der Waals surface area contributed by atoms with Crippen LogP contribution in [0.1, 0.15) is 34.1 Å². The van der Waals surface area contributed by atoms with Crippen LogP contribution in [0.15, 0.2) is 9.28 Å². The van der Waals surface area contributed by atoms with Crippen LogP contribution in [0.4, 0.5) is 0 Å². The van der Waals surface area contributed by atoms with Crippen molar-refractivity contribution < 1.29 is 4.79 Å². The Morgan fingerprint density at radius 3 is 2.19 bits per heavy atom. The fourth-order valence-electron chi connectivity index (χ4n) is 1.43. The van der Waals surface area contributed by atoms with Crippen molar-refractivity contribution in [2.75, 3.05) is 6.26 Å². The Kier molecular flexibility index (Phi) is 4.41. The zero-order chi connectivity index (χ0) is 12.7. The molecule has 5 heteroatoms. The van der Waals surface area contributed by atoms with E-state index in [0.717, 1.165) is 9.28 Å². The van der Waals surface area contributed by atoms with E-state index in [9.17, 15) is 4.79 Å². The summed E-state index contributed by atoms with van der Waals surface area (Å²) < 4.78 is 3.20. The molecule has 16 heavy (non-hydrogen) atoms. The van der Waals surface area contributed by atoms with Gasteiger partial charge in [-0.2, -0.15) is 11.8 Å². The minimum atomic E-state index is -0.0104. The standard InChI is InChI=1S/C11H19INOPS/c1-10(2,11(3,4)16-5)13(15)7-6-8(14)9(7)12/h6,15H2,1-5H3. The van der Waals surface area contributed by atoms with Crippen molar-refractivity contribution in [3.63, 3.8) is 0 Å². The maximum Gasteiger partial charge on any atom is 0.176 e. The van der Waals surface area contributed by atoms with Crippen molar-refractivity contribution in [1.82, 2.24) is 4.67 Å². The first kappa shape index (κ1) is 14.8. The highest BCUT2D eigenvalue weighted by atomic mass is 127. The van der Waals surface area contributed by atoms with E-state index in [0.29, 0.717) is 6.42 Å². The van der Waals surface area contributed by atoms with Crippen LogP contribution in [0, 0.1) is 0 Å². The summed E-state index contributed by atoms with van der Waals surface area (Å²) in [5.41, 5.74) is 1.14. The SMILES string of the molecule is CSC(C)(C)C(C)(C)N(P)C1=C(I)C(=O)C1. The number of nitrogens with zero attached hydrogens (tertiary/aromatic N) is 1. The molecule has 2 nitrogen and oxygen atoms in total. The number of carbonyl (C=O) groups excluding carboxylic acids is 1. The van der Waals surface area contributed by atoms with Crippen LogP contribution in [0.5, 0.6) is 0 Å². The number of rotatable bonds is 4. The van der Waals surface area contributed by atoms with Gasteiger partial charge < -0.3 is 4.67 Å². The number of halogens is 1. The first-order chi connectivity index (χ1) is 7.15. The van der Waals surface area contributed by atoms with E-state index in [2.05, 4.69) is 70.6 Å². The molecule has 0 amide bonds. The van der Waals surface area contributed by atoms with E-state index in [1.807, 2.05) is 11.8 Å². The van der Waals surface area contributed by atoms with E-state index >= 15 is 0 Å². The smallest absolute Gasteiger partial charge is 0.176 e. The van der Waals surface area contributed by atoms with Gasteiger partial charge >= 0.3 is 0 Å². The maximum atomic E-state index is 11.3. The number of thioether (sulfide) groups is 1. The molecule has 0 bridgehead atoms. The third-order valence-electron chi connectivity index (χ3n) is 3.70. The second-order valence-electron chi connectivity index (χ2n) is 5.00. The molecule has 0 saturated carbocycles. The molecule has 0 radical (unpaired) electrons. The highest BCUT2D eigenvalue weighted by Crippen LogP contribution is 2.45. The van der Waals surface area contributed by atoms with Crippen molar-refractivity contribution in [1.29, 1.82) is 0 Å². The quantitative estimate of drug-likeness (QED) is 0.556. The lowest BCUT2D eigenvalue weighted by Crippen LogP contribution is -2.53. The Morgan fingerprint density at radius 2 is 1.88 bits per heavy atom. The lowest BCUT2D eigenvalue weighted by molar-refractivity contribution is -0.116. The number of ketones is 1. The minimum Gasteiger partial charge on any atom is -0.351 e. The van der Waals surface area contributed by atoms with Gasteiger partial charge in [-0.1, -0.05) is 0 Å². The molecular formula is C11H19INOPS. The van der Waals surface area contributed by atoms with Gasteiger partial charge in [0, 0.05) is 10.4 Å². The van der Waals surface area contributed by atoms with Gasteiger partial charge in [-0.15, -0.1) is 0 Å². The molecule has 0 saturated heterocycles. The molecule has 0 heterocycles. The van der Waals surface area contributed by atoms with Crippen LogP contribution in [0.25, 0.3) is 0 Å². The number of hydrogen-bond donors (Lipinski definition) is 0. The van der Waals surface area contributed by atoms with E-state index in [-0.39, 0.29) is 16.1 Å². The van der Waals surface area contributed by atoms with Gasteiger partial charge in [-0.05, 0) is 65.9 Å². The predicted molar refractivity (Wildman–Crippen MR) is 83.9 cm³/mol. The number of Topliss-reactive ketones (excluding diaryl/α,β-unsaturated/α-hetero) is 1. The summed E-state index contributed by atoms with van der Waals surface area (Å²) in [6, 6.07) is 0. The second-order valence-corrected chi connectivity index (χ2v) is 8.03. The first-order valence-corrected chi connectivity index (χ1v) is 7.99. The summed E-state index contributed by atoms with van der Waals surface area (Å²) in [6.07, 6.45) is 2.71. The molecule has 0 aromatic rings. The average molecular weight is 371 g/mol. The van der Waals surface area contributed by atoms with Crippen LogP contribution in [0.2, 0.25) is 0 Å². The predicted octanol–water partition coefficient (Wildman–Crippen LogP) is 3.62. The minimum absolute atomic E-state index is 0.0104. The highest BCUT2D eigenvalue weighted by molar-refractivity contribution is 14.1. The van der Waals surface area contributed by atoms with Crippen LogP contribution >= 0.6 is 43.7 Å². The zero-order valence-corrected chi connectivity index (χ0v) is 14.6. The van der Waals surface area contributed by atoms with Crippen LogP contribution < -0.4 is 0 Å². The monoisotopic (exact) mass is 371 g/mol. The first-order valence-electron chi connectivity index (χ1n) is 5.17. The van der Waals surface area contributed by atoms with E-state index in [4.69, 9.17) is 0 Å². The fraction of sp³-hybridized carbons (Fsp3) is 0.727. The largest absolute Gasteiger partial charge is 0.351 e. The summed E-state index contributed by atoms with van der Waals surface area (Å²) in [4.78, 5) is 11.3. The third-order valence-corrected chi connectivity index (χ3v) is 7.40. The molecule has 0 aromatic heterocycles. The molecule has 0 fully saturated rings. The number of carbonyl (C=O) groups is 1. The molecular weight excluding hydrogens is 352 g/mol. The molecule has 92 valence electrons. The summed E-state index contributed by atoms with van der Waals surface area (Å²) in [6.45, 7) is 8.91. The highest BCUT2D eigenvalue weighted by Gasteiger charge is 2.43. The van der Waals surface area contributed by atoms with Crippen LogP contribution in [-0.2, 0) is 4.79 Å².